The topological polar surface area (TPSA) is 29.1 Å². The number of carbonyl (C=O) groups is 1. The van der Waals surface area contributed by atoms with Crippen LogP contribution in [0.4, 0.5) is 5.69 Å². The summed E-state index contributed by atoms with van der Waals surface area (Å²) in [5.74, 6) is 0.0834. The Morgan fingerprint density at radius 1 is 1.44 bits per heavy atom. The zero-order valence-electron chi connectivity index (χ0n) is 9.39. The smallest absolute Gasteiger partial charge is 0.227 e. The molecule has 1 aromatic rings. The molecule has 1 rings (SSSR count). The van der Waals surface area contributed by atoms with E-state index in [9.17, 15) is 4.79 Å². The van der Waals surface area contributed by atoms with Crippen molar-refractivity contribution in [2.75, 3.05) is 5.32 Å². The lowest BCUT2D eigenvalue weighted by Gasteiger charge is -2.13. The molecular formula is C12H15BrClNO. The van der Waals surface area contributed by atoms with Gasteiger partial charge in [0, 0.05) is 10.4 Å². The summed E-state index contributed by atoms with van der Waals surface area (Å²) in [5.41, 5.74) is 0.660. The molecule has 0 fully saturated rings. The van der Waals surface area contributed by atoms with Gasteiger partial charge in [0.05, 0.1) is 10.7 Å². The van der Waals surface area contributed by atoms with Crippen molar-refractivity contribution in [1.82, 2.24) is 0 Å². The van der Waals surface area contributed by atoms with E-state index in [1.165, 1.54) is 0 Å². The quantitative estimate of drug-likeness (QED) is 0.873. The first kappa shape index (κ1) is 13.5. The molecule has 0 aliphatic carbocycles. The molecule has 0 radical (unpaired) electrons. The van der Waals surface area contributed by atoms with Gasteiger partial charge in [-0.05, 0) is 31.0 Å². The van der Waals surface area contributed by atoms with Gasteiger partial charge in [0.1, 0.15) is 0 Å². The van der Waals surface area contributed by atoms with E-state index >= 15 is 0 Å². The summed E-state index contributed by atoms with van der Waals surface area (Å²) in [6, 6.07) is 5.41. The van der Waals surface area contributed by atoms with Crippen LogP contribution in [-0.2, 0) is 4.79 Å². The van der Waals surface area contributed by atoms with Crippen molar-refractivity contribution in [2.45, 2.75) is 26.7 Å². The van der Waals surface area contributed by atoms with Crippen molar-refractivity contribution in [3.05, 3.63) is 27.7 Å². The zero-order valence-corrected chi connectivity index (χ0v) is 11.7. The third-order valence-corrected chi connectivity index (χ3v) is 3.37. The second kappa shape index (κ2) is 6.26. The highest BCUT2D eigenvalue weighted by atomic mass is 79.9. The van der Waals surface area contributed by atoms with Crippen molar-refractivity contribution in [1.29, 1.82) is 0 Å². The maximum Gasteiger partial charge on any atom is 0.227 e. The predicted octanol–water partition coefficient (Wildman–Crippen LogP) is 4.48. The largest absolute Gasteiger partial charge is 0.324 e. The van der Waals surface area contributed by atoms with Crippen LogP contribution in [0.15, 0.2) is 22.7 Å². The van der Waals surface area contributed by atoms with Gasteiger partial charge < -0.3 is 5.32 Å². The fourth-order valence-electron chi connectivity index (χ4n) is 1.49. The number of rotatable bonds is 4. The van der Waals surface area contributed by atoms with Gasteiger partial charge in [0.2, 0.25) is 5.91 Å². The molecule has 0 aromatic heterocycles. The Bertz CT molecular complexity index is 377. The Morgan fingerprint density at radius 3 is 2.62 bits per heavy atom. The molecule has 0 atom stereocenters. The van der Waals surface area contributed by atoms with Crippen LogP contribution in [0.5, 0.6) is 0 Å². The first-order valence-corrected chi connectivity index (χ1v) is 6.51. The molecule has 0 unspecified atom stereocenters. The van der Waals surface area contributed by atoms with Crippen LogP contribution in [0.2, 0.25) is 5.02 Å². The van der Waals surface area contributed by atoms with Crippen molar-refractivity contribution in [3.63, 3.8) is 0 Å². The average molecular weight is 305 g/mol. The van der Waals surface area contributed by atoms with E-state index in [1.54, 1.807) is 6.07 Å². The lowest BCUT2D eigenvalue weighted by atomic mass is 10.0. The molecular weight excluding hydrogens is 289 g/mol. The maximum absolute atomic E-state index is 11.9. The molecule has 0 aliphatic heterocycles. The number of hydrogen-bond donors (Lipinski definition) is 1. The normalized spacial score (nSPS) is 10.6. The molecule has 0 aliphatic rings. The first-order valence-electron chi connectivity index (χ1n) is 5.34. The summed E-state index contributed by atoms with van der Waals surface area (Å²) in [5, 5.41) is 3.41. The number of benzene rings is 1. The molecule has 1 N–H and O–H groups in total. The van der Waals surface area contributed by atoms with Crippen molar-refractivity contribution in [3.8, 4) is 0 Å². The monoisotopic (exact) mass is 303 g/mol. The van der Waals surface area contributed by atoms with Crippen LogP contribution in [0.25, 0.3) is 0 Å². The van der Waals surface area contributed by atoms with E-state index in [4.69, 9.17) is 11.6 Å². The van der Waals surface area contributed by atoms with Gasteiger partial charge in [-0.1, -0.05) is 41.4 Å². The molecule has 0 heterocycles. The summed E-state index contributed by atoms with van der Waals surface area (Å²) in [4.78, 5) is 11.9. The minimum absolute atomic E-state index is 0.0324. The van der Waals surface area contributed by atoms with Crippen molar-refractivity contribution in [2.24, 2.45) is 5.92 Å². The second-order valence-electron chi connectivity index (χ2n) is 3.63. The van der Waals surface area contributed by atoms with Gasteiger partial charge in [-0.15, -0.1) is 0 Å². The second-order valence-corrected chi connectivity index (χ2v) is 4.95. The standard InChI is InChI=1S/C12H15BrClNO/c1-3-8(4-2)12(16)15-11-7-9(13)5-6-10(11)14/h5-8H,3-4H2,1-2H3,(H,15,16). The Hall–Kier alpha value is -0.540. The lowest BCUT2D eigenvalue weighted by Crippen LogP contribution is -2.21. The highest BCUT2D eigenvalue weighted by molar-refractivity contribution is 9.10. The zero-order chi connectivity index (χ0) is 12.1. The first-order chi connectivity index (χ1) is 7.58. The highest BCUT2D eigenvalue weighted by Gasteiger charge is 2.15. The molecule has 1 aromatic carbocycles. The predicted molar refractivity (Wildman–Crippen MR) is 71.9 cm³/mol. The Morgan fingerprint density at radius 2 is 2.06 bits per heavy atom. The molecule has 0 bridgehead atoms. The van der Waals surface area contributed by atoms with Gasteiger partial charge in [-0.2, -0.15) is 0 Å². The van der Waals surface area contributed by atoms with E-state index in [-0.39, 0.29) is 11.8 Å². The van der Waals surface area contributed by atoms with Crippen LogP contribution in [0.3, 0.4) is 0 Å². The Labute approximate surface area is 110 Å². The van der Waals surface area contributed by atoms with E-state index in [2.05, 4.69) is 21.2 Å². The molecule has 88 valence electrons. The Kier molecular flexibility index (Phi) is 5.29. The van der Waals surface area contributed by atoms with Gasteiger partial charge in [-0.3, -0.25) is 4.79 Å². The van der Waals surface area contributed by atoms with Crippen molar-refractivity contribution < 1.29 is 4.79 Å². The van der Waals surface area contributed by atoms with Crippen LogP contribution in [0.1, 0.15) is 26.7 Å². The third kappa shape index (κ3) is 3.49. The fraction of sp³-hybridized carbons (Fsp3) is 0.417. The maximum atomic E-state index is 11.9. The van der Waals surface area contributed by atoms with Gasteiger partial charge in [0.15, 0.2) is 0 Å². The van der Waals surface area contributed by atoms with Crippen LogP contribution < -0.4 is 5.32 Å². The van der Waals surface area contributed by atoms with E-state index < -0.39 is 0 Å². The lowest BCUT2D eigenvalue weighted by molar-refractivity contribution is -0.120. The molecule has 16 heavy (non-hydrogen) atoms. The number of nitrogens with one attached hydrogen (secondary N) is 1. The summed E-state index contributed by atoms with van der Waals surface area (Å²) >= 11 is 9.34. The molecule has 0 saturated heterocycles. The van der Waals surface area contributed by atoms with Gasteiger partial charge >= 0.3 is 0 Å². The van der Waals surface area contributed by atoms with Crippen LogP contribution in [0, 0.1) is 5.92 Å². The van der Waals surface area contributed by atoms with E-state index in [1.807, 2.05) is 26.0 Å². The van der Waals surface area contributed by atoms with Gasteiger partial charge in [-0.25, -0.2) is 0 Å². The summed E-state index contributed by atoms with van der Waals surface area (Å²) < 4.78 is 0.900. The Balaban J connectivity index is 2.80. The number of carbonyl (C=O) groups excluding carboxylic acids is 1. The van der Waals surface area contributed by atoms with Crippen LogP contribution in [-0.4, -0.2) is 5.91 Å². The molecule has 1 amide bonds. The minimum atomic E-state index is 0.0324. The molecule has 0 spiro atoms. The molecule has 4 heteroatoms. The molecule has 2 nitrogen and oxygen atoms in total. The third-order valence-electron chi connectivity index (χ3n) is 2.54. The summed E-state index contributed by atoms with van der Waals surface area (Å²) in [7, 11) is 0. The van der Waals surface area contributed by atoms with Crippen LogP contribution >= 0.6 is 27.5 Å². The van der Waals surface area contributed by atoms with E-state index in [0.717, 1.165) is 17.3 Å². The fourth-order valence-corrected chi connectivity index (χ4v) is 2.01. The number of anilines is 1. The number of hydrogen-bond acceptors (Lipinski definition) is 1. The highest BCUT2D eigenvalue weighted by Crippen LogP contribution is 2.26. The number of amides is 1. The molecule has 0 saturated carbocycles. The SMILES string of the molecule is CCC(CC)C(=O)Nc1cc(Br)ccc1Cl. The van der Waals surface area contributed by atoms with E-state index in [0.29, 0.717) is 10.7 Å². The average Bonchev–Trinajstić information content (AvgIpc) is 2.25. The van der Waals surface area contributed by atoms with Gasteiger partial charge in [0.25, 0.3) is 0 Å². The summed E-state index contributed by atoms with van der Waals surface area (Å²) in [6.07, 6.45) is 1.68. The minimum Gasteiger partial charge on any atom is -0.324 e. The van der Waals surface area contributed by atoms with Crippen molar-refractivity contribution >= 4 is 39.1 Å². The number of halogens is 2. The summed E-state index contributed by atoms with van der Waals surface area (Å²) in [6.45, 7) is 4.02.